The summed E-state index contributed by atoms with van der Waals surface area (Å²) in [4.78, 5) is 14.1. The highest BCUT2D eigenvalue weighted by Gasteiger charge is 2.12. The summed E-state index contributed by atoms with van der Waals surface area (Å²) in [7, 11) is 1.78. The van der Waals surface area contributed by atoms with Crippen LogP contribution in [0, 0.1) is 0 Å². The van der Waals surface area contributed by atoms with Crippen molar-refractivity contribution in [2.75, 3.05) is 0 Å². The highest BCUT2D eigenvalue weighted by Crippen LogP contribution is 2.11. The van der Waals surface area contributed by atoms with Crippen LogP contribution in [-0.4, -0.2) is 20.6 Å². The van der Waals surface area contributed by atoms with E-state index in [9.17, 15) is 4.79 Å². The lowest BCUT2D eigenvalue weighted by atomic mass is 10.2. The van der Waals surface area contributed by atoms with Gasteiger partial charge in [-0.2, -0.15) is 0 Å². The Labute approximate surface area is 69.8 Å². The molecule has 5 heteroatoms. The quantitative estimate of drug-likeness (QED) is 0.661. The normalized spacial score (nSPS) is 12.8. The van der Waals surface area contributed by atoms with Gasteiger partial charge in [0.1, 0.15) is 0 Å². The van der Waals surface area contributed by atoms with Crippen molar-refractivity contribution < 1.29 is 9.90 Å². The maximum Gasteiger partial charge on any atom is 0.305 e. The van der Waals surface area contributed by atoms with Gasteiger partial charge in [0, 0.05) is 13.2 Å². The molecule has 1 aromatic rings. The highest BCUT2D eigenvalue weighted by atomic mass is 16.4. The number of aromatic nitrogens is 2. The number of carboxylic acid groups (broad SMARTS) is 1. The summed E-state index contributed by atoms with van der Waals surface area (Å²) >= 11 is 0. The van der Waals surface area contributed by atoms with Crippen LogP contribution in [0.4, 0.5) is 0 Å². The number of hydrogen-bond donors (Lipinski definition) is 2. The van der Waals surface area contributed by atoms with E-state index in [1.54, 1.807) is 24.1 Å². The van der Waals surface area contributed by atoms with Crippen molar-refractivity contribution in [3.8, 4) is 0 Å². The summed E-state index contributed by atoms with van der Waals surface area (Å²) in [5, 5.41) is 8.46. The Bertz CT molecular complexity index is 282. The molecule has 0 spiro atoms. The first kappa shape index (κ1) is 8.73. The van der Waals surface area contributed by atoms with Crippen molar-refractivity contribution >= 4 is 5.97 Å². The van der Waals surface area contributed by atoms with Gasteiger partial charge in [-0.1, -0.05) is 0 Å². The zero-order chi connectivity index (χ0) is 9.14. The van der Waals surface area contributed by atoms with Gasteiger partial charge in [0.05, 0.1) is 24.5 Å². The highest BCUT2D eigenvalue weighted by molar-refractivity contribution is 5.67. The van der Waals surface area contributed by atoms with Crippen LogP contribution < -0.4 is 5.73 Å². The first-order chi connectivity index (χ1) is 5.61. The fourth-order valence-corrected chi connectivity index (χ4v) is 1.02. The van der Waals surface area contributed by atoms with E-state index in [2.05, 4.69) is 4.98 Å². The van der Waals surface area contributed by atoms with Crippen molar-refractivity contribution in [2.24, 2.45) is 12.8 Å². The molecular weight excluding hydrogens is 158 g/mol. The monoisotopic (exact) mass is 169 g/mol. The molecule has 0 aliphatic heterocycles. The van der Waals surface area contributed by atoms with Crippen molar-refractivity contribution in [3.05, 3.63) is 18.2 Å². The molecule has 0 fully saturated rings. The van der Waals surface area contributed by atoms with Gasteiger partial charge in [0.2, 0.25) is 0 Å². The number of nitrogens with zero attached hydrogens (tertiary/aromatic N) is 2. The molecule has 1 atom stereocenters. The Morgan fingerprint density at radius 3 is 3.00 bits per heavy atom. The van der Waals surface area contributed by atoms with Crippen molar-refractivity contribution in [2.45, 2.75) is 12.5 Å². The predicted octanol–water partition coefficient (Wildman–Crippen LogP) is -0.105. The first-order valence-electron chi connectivity index (χ1n) is 3.55. The second-order valence-electron chi connectivity index (χ2n) is 2.63. The van der Waals surface area contributed by atoms with E-state index in [0.717, 1.165) is 5.69 Å². The van der Waals surface area contributed by atoms with Gasteiger partial charge in [0.25, 0.3) is 0 Å². The summed E-state index contributed by atoms with van der Waals surface area (Å²) in [5.74, 6) is -0.899. The summed E-state index contributed by atoms with van der Waals surface area (Å²) in [6.07, 6.45) is 3.10. The number of rotatable bonds is 3. The maximum absolute atomic E-state index is 10.3. The van der Waals surface area contributed by atoms with E-state index >= 15 is 0 Å². The minimum atomic E-state index is -0.899. The second kappa shape index (κ2) is 3.36. The van der Waals surface area contributed by atoms with Gasteiger partial charge < -0.3 is 15.4 Å². The van der Waals surface area contributed by atoms with Crippen molar-refractivity contribution in [1.82, 2.24) is 9.55 Å². The van der Waals surface area contributed by atoms with E-state index in [1.165, 1.54) is 0 Å². The fraction of sp³-hybridized carbons (Fsp3) is 0.429. The molecule has 0 saturated heterocycles. The van der Waals surface area contributed by atoms with Gasteiger partial charge in [-0.15, -0.1) is 0 Å². The smallest absolute Gasteiger partial charge is 0.305 e. The molecule has 1 rings (SSSR count). The summed E-state index contributed by atoms with van der Waals surface area (Å²) in [5.41, 5.74) is 6.33. The third kappa shape index (κ3) is 1.82. The SMILES string of the molecule is Cn1cncc1C(N)CC(=O)O. The van der Waals surface area contributed by atoms with E-state index in [4.69, 9.17) is 10.8 Å². The number of hydrogen-bond acceptors (Lipinski definition) is 3. The standard InChI is InChI=1S/C7H11N3O2/c1-10-4-9-3-6(10)5(8)2-7(11)12/h3-5H,2,8H2,1H3,(H,11,12). The molecule has 3 N–H and O–H groups in total. The van der Waals surface area contributed by atoms with Gasteiger partial charge in [0.15, 0.2) is 0 Å². The zero-order valence-electron chi connectivity index (χ0n) is 6.77. The second-order valence-corrected chi connectivity index (χ2v) is 2.63. The first-order valence-corrected chi connectivity index (χ1v) is 3.55. The zero-order valence-corrected chi connectivity index (χ0v) is 6.77. The van der Waals surface area contributed by atoms with Gasteiger partial charge in [-0.3, -0.25) is 4.79 Å². The van der Waals surface area contributed by atoms with E-state index < -0.39 is 12.0 Å². The molecule has 66 valence electrons. The van der Waals surface area contributed by atoms with Gasteiger partial charge >= 0.3 is 5.97 Å². The van der Waals surface area contributed by atoms with Crippen LogP contribution >= 0.6 is 0 Å². The molecule has 0 aliphatic carbocycles. The van der Waals surface area contributed by atoms with Crippen LogP contribution in [0.1, 0.15) is 18.2 Å². The minimum absolute atomic E-state index is 0.0699. The molecule has 0 aliphatic rings. The van der Waals surface area contributed by atoms with Crippen LogP contribution in [0.15, 0.2) is 12.5 Å². The molecule has 0 amide bonds. The van der Waals surface area contributed by atoms with Crippen molar-refractivity contribution in [1.29, 1.82) is 0 Å². The lowest BCUT2D eigenvalue weighted by Gasteiger charge is -2.08. The van der Waals surface area contributed by atoms with Crippen LogP contribution in [0.5, 0.6) is 0 Å². The fourth-order valence-electron chi connectivity index (χ4n) is 1.02. The Morgan fingerprint density at radius 2 is 2.58 bits per heavy atom. The van der Waals surface area contributed by atoms with Gasteiger partial charge in [-0.25, -0.2) is 4.98 Å². The maximum atomic E-state index is 10.3. The molecule has 0 saturated carbocycles. The molecule has 12 heavy (non-hydrogen) atoms. The molecule has 1 aromatic heterocycles. The number of aryl methyl sites for hydroxylation is 1. The number of carbonyl (C=O) groups is 1. The average Bonchev–Trinajstić information content (AvgIpc) is 2.33. The number of imidazole rings is 1. The number of carboxylic acids is 1. The lowest BCUT2D eigenvalue weighted by molar-refractivity contribution is -0.137. The molecule has 0 aromatic carbocycles. The molecule has 5 nitrogen and oxygen atoms in total. The predicted molar refractivity (Wildman–Crippen MR) is 42.4 cm³/mol. The summed E-state index contributed by atoms with van der Waals surface area (Å²) in [6, 6.07) is -0.477. The summed E-state index contributed by atoms with van der Waals surface area (Å²) in [6.45, 7) is 0. The minimum Gasteiger partial charge on any atom is -0.481 e. The number of aliphatic carboxylic acids is 1. The molecule has 0 bridgehead atoms. The van der Waals surface area contributed by atoms with E-state index in [1.807, 2.05) is 0 Å². The summed E-state index contributed by atoms with van der Waals surface area (Å²) < 4.78 is 1.72. The van der Waals surface area contributed by atoms with Crippen LogP contribution in [0.3, 0.4) is 0 Å². The van der Waals surface area contributed by atoms with Crippen molar-refractivity contribution in [3.63, 3.8) is 0 Å². The Balaban J connectivity index is 2.71. The third-order valence-corrected chi connectivity index (χ3v) is 1.63. The Kier molecular flexibility index (Phi) is 2.44. The van der Waals surface area contributed by atoms with Crippen LogP contribution in [0.2, 0.25) is 0 Å². The van der Waals surface area contributed by atoms with E-state index in [0.29, 0.717) is 0 Å². The van der Waals surface area contributed by atoms with Crippen LogP contribution in [0.25, 0.3) is 0 Å². The topological polar surface area (TPSA) is 81.1 Å². The third-order valence-electron chi connectivity index (χ3n) is 1.63. The largest absolute Gasteiger partial charge is 0.481 e. The molecule has 1 unspecified atom stereocenters. The Morgan fingerprint density at radius 1 is 1.92 bits per heavy atom. The molecule has 1 heterocycles. The number of nitrogens with two attached hydrogens (primary N) is 1. The lowest BCUT2D eigenvalue weighted by Crippen LogP contribution is -2.17. The Hall–Kier alpha value is -1.36. The molecule has 0 radical (unpaired) electrons. The van der Waals surface area contributed by atoms with E-state index in [-0.39, 0.29) is 6.42 Å². The molecular formula is C7H11N3O2. The van der Waals surface area contributed by atoms with Gasteiger partial charge in [-0.05, 0) is 0 Å². The van der Waals surface area contributed by atoms with Crippen LogP contribution in [-0.2, 0) is 11.8 Å². The average molecular weight is 169 g/mol.